The number of hydrogen-bond acceptors (Lipinski definition) is 5. The molecule has 152 valence electrons. The van der Waals surface area contributed by atoms with E-state index in [-0.39, 0.29) is 17.2 Å². The van der Waals surface area contributed by atoms with Crippen molar-refractivity contribution in [2.45, 2.75) is 26.8 Å². The molecule has 0 saturated carbocycles. The van der Waals surface area contributed by atoms with Crippen LogP contribution in [-0.4, -0.2) is 28.7 Å². The first-order valence-corrected chi connectivity index (χ1v) is 8.91. The number of carbonyl (C=O) groups excluding carboxylic acids is 3. The van der Waals surface area contributed by atoms with Crippen LogP contribution in [0.5, 0.6) is 0 Å². The lowest BCUT2D eigenvalue weighted by molar-refractivity contribution is -0.384. The molecule has 2 rings (SSSR count). The second-order valence-corrected chi connectivity index (χ2v) is 6.82. The molecule has 1 atom stereocenters. The van der Waals surface area contributed by atoms with Crippen LogP contribution in [0, 0.1) is 23.0 Å². The van der Waals surface area contributed by atoms with Crippen LogP contribution in [0.3, 0.4) is 0 Å². The van der Waals surface area contributed by atoms with Crippen LogP contribution >= 0.6 is 0 Å². The first-order valence-electron chi connectivity index (χ1n) is 8.91. The molecule has 2 aromatic carbocycles. The Morgan fingerprint density at radius 1 is 0.931 bits per heavy atom. The quantitative estimate of drug-likeness (QED) is 0.507. The highest BCUT2D eigenvalue weighted by molar-refractivity contribution is 5.99. The average Bonchev–Trinajstić information content (AvgIpc) is 2.69. The van der Waals surface area contributed by atoms with Crippen molar-refractivity contribution in [3.05, 3.63) is 75.3 Å². The summed E-state index contributed by atoms with van der Waals surface area (Å²) in [5.74, 6) is -1.99. The number of hydrogen-bond donors (Lipinski definition) is 3. The van der Waals surface area contributed by atoms with Gasteiger partial charge in [0.25, 0.3) is 23.4 Å². The molecule has 0 saturated heterocycles. The Labute approximate surface area is 167 Å². The lowest BCUT2D eigenvalue weighted by atomic mass is 10.0. The third-order valence-corrected chi connectivity index (χ3v) is 4.13. The van der Waals surface area contributed by atoms with Gasteiger partial charge < -0.3 is 5.32 Å². The van der Waals surface area contributed by atoms with Crippen molar-refractivity contribution in [3.8, 4) is 0 Å². The molecule has 9 heteroatoms. The standard InChI is InChI=1S/C20H22N4O5/c1-12(2)17(21-18(25)14-7-4-6-13(3)10-14)20(27)23-22-19(26)15-8-5-9-16(11-15)24(28)29/h4-12,17H,1-3H3,(H,21,25)(H,22,26)(H,23,27). The van der Waals surface area contributed by atoms with E-state index in [1.807, 2.05) is 13.0 Å². The van der Waals surface area contributed by atoms with E-state index in [4.69, 9.17) is 0 Å². The summed E-state index contributed by atoms with van der Waals surface area (Å²) >= 11 is 0. The van der Waals surface area contributed by atoms with E-state index in [1.165, 1.54) is 18.2 Å². The van der Waals surface area contributed by atoms with E-state index in [2.05, 4.69) is 16.2 Å². The lowest BCUT2D eigenvalue weighted by Crippen LogP contribution is -2.54. The monoisotopic (exact) mass is 398 g/mol. The number of nitrogens with one attached hydrogen (secondary N) is 3. The summed E-state index contributed by atoms with van der Waals surface area (Å²) in [6.45, 7) is 5.36. The first kappa shape index (κ1) is 21.5. The van der Waals surface area contributed by atoms with Gasteiger partial charge in [0.2, 0.25) is 0 Å². The number of nitrogens with zero attached hydrogens (tertiary/aromatic N) is 1. The predicted molar refractivity (Wildman–Crippen MR) is 106 cm³/mol. The number of nitro groups is 1. The van der Waals surface area contributed by atoms with Crippen LogP contribution in [0.2, 0.25) is 0 Å². The highest BCUT2D eigenvalue weighted by Gasteiger charge is 2.25. The zero-order chi connectivity index (χ0) is 21.6. The fourth-order valence-corrected chi connectivity index (χ4v) is 2.57. The summed E-state index contributed by atoms with van der Waals surface area (Å²) in [6, 6.07) is 11.2. The zero-order valence-electron chi connectivity index (χ0n) is 16.3. The maximum Gasteiger partial charge on any atom is 0.270 e. The Balaban J connectivity index is 2.02. The van der Waals surface area contributed by atoms with Gasteiger partial charge in [-0.25, -0.2) is 0 Å². The van der Waals surface area contributed by atoms with Crippen molar-refractivity contribution < 1.29 is 19.3 Å². The number of aryl methyl sites for hydroxylation is 1. The highest BCUT2D eigenvalue weighted by Crippen LogP contribution is 2.13. The predicted octanol–water partition coefficient (Wildman–Crippen LogP) is 2.12. The minimum atomic E-state index is -0.895. The molecule has 0 bridgehead atoms. The molecule has 0 radical (unpaired) electrons. The number of carbonyl (C=O) groups is 3. The number of hydrazine groups is 1. The second-order valence-electron chi connectivity index (χ2n) is 6.82. The van der Waals surface area contributed by atoms with Crippen LogP contribution in [-0.2, 0) is 4.79 Å². The summed E-state index contributed by atoms with van der Waals surface area (Å²) in [4.78, 5) is 47.3. The molecule has 29 heavy (non-hydrogen) atoms. The third-order valence-electron chi connectivity index (χ3n) is 4.13. The highest BCUT2D eigenvalue weighted by atomic mass is 16.6. The molecule has 0 aromatic heterocycles. The number of non-ortho nitro benzene ring substituents is 1. The summed E-state index contributed by atoms with van der Waals surface area (Å²) < 4.78 is 0. The van der Waals surface area contributed by atoms with Gasteiger partial charge in [-0.05, 0) is 31.0 Å². The minimum absolute atomic E-state index is 0.0180. The molecule has 1 unspecified atom stereocenters. The number of benzene rings is 2. The number of amides is 3. The molecule has 0 aliphatic carbocycles. The summed E-state index contributed by atoms with van der Waals surface area (Å²) in [7, 11) is 0. The van der Waals surface area contributed by atoms with Crippen molar-refractivity contribution in [2.24, 2.45) is 5.92 Å². The van der Waals surface area contributed by atoms with Gasteiger partial charge in [-0.1, -0.05) is 37.6 Å². The van der Waals surface area contributed by atoms with Gasteiger partial charge >= 0.3 is 0 Å². The third kappa shape index (κ3) is 5.86. The largest absolute Gasteiger partial charge is 0.340 e. The molecule has 0 aliphatic rings. The van der Waals surface area contributed by atoms with Gasteiger partial charge in [0.15, 0.2) is 0 Å². The normalized spacial score (nSPS) is 11.4. The fraction of sp³-hybridized carbons (Fsp3) is 0.250. The van der Waals surface area contributed by atoms with Gasteiger partial charge in [-0.3, -0.25) is 35.3 Å². The fourth-order valence-electron chi connectivity index (χ4n) is 2.57. The summed E-state index contributed by atoms with van der Waals surface area (Å²) in [5, 5.41) is 13.5. The Bertz CT molecular complexity index is 942. The lowest BCUT2D eigenvalue weighted by Gasteiger charge is -2.22. The Morgan fingerprint density at radius 2 is 1.55 bits per heavy atom. The van der Waals surface area contributed by atoms with Crippen LogP contribution in [0.15, 0.2) is 48.5 Å². The molecule has 3 N–H and O–H groups in total. The van der Waals surface area contributed by atoms with Crippen molar-refractivity contribution in [3.63, 3.8) is 0 Å². The molecule has 0 spiro atoms. The molecular weight excluding hydrogens is 376 g/mol. The summed E-state index contributed by atoms with van der Waals surface area (Å²) in [5.41, 5.74) is 5.57. The van der Waals surface area contributed by atoms with Gasteiger partial charge in [-0.15, -0.1) is 0 Å². The van der Waals surface area contributed by atoms with Gasteiger partial charge in [0.1, 0.15) is 6.04 Å². The van der Waals surface area contributed by atoms with E-state index in [9.17, 15) is 24.5 Å². The summed E-state index contributed by atoms with van der Waals surface area (Å²) in [6.07, 6.45) is 0. The van der Waals surface area contributed by atoms with Crippen LogP contribution in [0.1, 0.15) is 40.1 Å². The van der Waals surface area contributed by atoms with E-state index in [0.29, 0.717) is 5.56 Å². The zero-order valence-corrected chi connectivity index (χ0v) is 16.3. The van der Waals surface area contributed by atoms with E-state index in [1.54, 1.807) is 32.0 Å². The topological polar surface area (TPSA) is 130 Å². The second kappa shape index (κ2) is 9.45. The van der Waals surface area contributed by atoms with Crippen LogP contribution in [0.25, 0.3) is 0 Å². The average molecular weight is 398 g/mol. The Kier molecular flexibility index (Phi) is 7.02. The van der Waals surface area contributed by atoms with Crippen molar-refractivity contribution >= 4 is 23.4 Å². The molecule has 2 aromatic rings. The van der Waals surface area contributed by atoms with Gasteiger partial charge in [0.05, 0.1) is 4.92 Å². The minimum Gasteiger partial charge on any atom is -0.340 e. The van der Waals surface area contributed by atoms with Crippen LogP contribution in [0.4, 0.5) is 5.69 Å². The molecule has 0 aliphatic heterocycles. The SMILES string of the molecule is Cc1cccc(C(=O)NC(C(=O)NNC(=O)c2cccc([N+](=O)[O-])c2)C(C)C)c1. The first-order chi connectivity index (χ1) is 13.7. The van der Waals surface area contributed by atoms with E-state index < -0.39 is 28.7 Å². The molecule has 0 heterocycles. The Hall–Kier alpha value is -3.75. The van der Waals surface area contributed by atoms with Gasteiger partial charge in [0, 0.05) is 23.3 Å². The molecule has 9 nitrogen and oxygen atoms in total. The van der Waals surface area contributed by atoms with E-state index >= 15 is 0 Å². The number of rotatable bonds is 6. The molecular formula is C20H22N4O5. The van der Waals surface area contributed by atoms with Crippen molar-refractivity contribution in [2.75, 3.05) is 0 Å². The maximum atomic E-state index is 12.5. The molecule has 0 fully saturated rings. The molecule has 3 amide bonds. The van der Waals surface area contributed by atoms with Crippen LogP contribution < -0.4 is 16.2 Å². The van der Waals surface area contributed by atoms with Crippen molar-refractivity contribution in [1.82, 2.24) is 16.2 Å². The van der Waals surface area contributed by atoms with E-state index in [0.717, 1.165) is 11.6 Å². The van der Waals surface area contributed by atoms with Gasteiger partial charge in [-0.2, -0.15) is 0 Å². The van der Waals surface area contributed by atoms with Crippen molar-refractivity contribution in [1.29, 1.82) is 0 Å². The number of nitro benzene ring substituents is 1. The smallest absolute Gasteiger partial charge is 0.270 e. The maximum absolute atomic E-state index is 12.5. The Morgan fingerprint density at radius 3 is 2.14 bits per heavy atom.